The first-order chi connectivity index (χ1) is 14.3. The van der Waals surface area contributed by atoms with Gasteiger partial charge in [0.05, 0.1) is 0 Å². The van der Waals surface area contributed by atoms with Gasteiger partial charge in [-0.15, -0.1) is 0 Å². The quantitative estimate of drug-likeness (QED) is 0.758. The molecule has 3 aliphatic heterocycles. The zero-order chi connectivity index (χ0) is 21.5. The highest BCUT2D eigenvalue weighted by Gasteiger charge is 2.51. The highest BCUT2D eigenvalue weighted by atomic mass is 16.2. The Kier molecular flexibility index (Phi) is 5.44. The highest BCUT2D eigenvalue weighted by molar-refractivity contribution is 6.07. The Bertz CT molecular complexity index is 822. The molecule has 30 heavy (non-hydrogen) atoms. The second-order valence-electron chi connectivity index (χ2n) is 8.83. The summed E-state index contributed by atoms with van der Waals surface area (Å²) in [4.78, 5) is 44.9. The van der Waals surface area contributed by atoms with Gasteiger partial charge in [0, 0.05) is 63.6 Å². The van der Waals surface area contributed by atoms with E-state index in [1.165, 1.54) is 7.05 Å². The van der Waals surface area contributed by atoms with E-state index in [0.717, 1.165) is 36.8 Å². The topological polar surface area (TPSA) is 76.2 Å². The van der Waals surface area contributed by atoms with Gasteiger partial charge in [0.2, 0.25) is 0 Å². The van der Waals surface area contributed by atoms with Gasteiger partial charge in [-0.05, 0) is 51.0 Å². The van der Waals surface area contributed by atoms with Gasteiger partial charge in [-0.3, -0.25) is 19.4 Å². The van der Waals surface area contributed by atoms with E-state index in [9.17, 15) is 14.4 Å². The zero-order valence-electron chi connectivity index (χ0n) is 18.1. The number of amides is 4. The summed E-state index contributed by atoms with van der Waals surface area (Å²) >= 11 is 0. The van der Waals surface area contributed by atoms with Crippen molar-refractivity contribution in [3.63, 3.8) is 0 Å². The maximum absolute atomic E-state index is 12.9. The van der Waals surface area contributed by atoms with Gasteiger partial charge in [0.15, 0.2) is 0 Å². The van der Waals surface area contributed by atoms with Crippen LogP contribution in [0.5, 0.6) is 0 Å². The number of carbonyl (C=O) groups is 3. The molecule has 0 atom stereocenters. The number of carbonyl (C=O) groups excluding carboxylic acids is 3. The molecule has 0 unspecified atom stereocenters. The minimum absolute atomic E-state index is 0.0221. The van der Waals surface area contributed by atoms with Crippen molar-refractivity contribution in [2.24, 2.45) is 0 Å². The number of nitrogens with zero attached hydrogens (tertiary/aromatic N) is 4. The maximum Gasteiger partial charge on any atom is 0.324 e. The Morgan fingerprint density at radius 3 is 2.07 bits per heavy atom. The summed E-state index contributed by atoms with van der Waals surface area (Å²) < 4.78 is 0. The number of rotatable bonds is 3. The number of anilines is 1. The van der Waals surface area contributed by atoms with Crippen LogP contribution < -0.4 is 10.2 Å². The Hall–Kier alpha value is -2.61. The smallest absolute Gasteiger partial charge is 0.324 e. The lowest BCUT2D eigenvalue weighted by molar-refractivity contribution is -0.131. The standard InChI is InChI=1S/C22H31N5O3/c1-16(2)25-12-14-26(15-13-25)18-6-4-17(5-7-18)19(28)27-10-8-22(9-11-27)20(29)24(3)21(30)23-22/h4-7,16H,8-15H2,1-3H3,(H,23,30). The van der Waals surface area contributed by atoms with Gasteiger partial charge in [-0.2, -0.15) is 0 Å². The predicted octanol–water partition coefficient (Wildman–Crippen LogP) is 1.37. The van der Waals surface area contributed by atoms with Crippen LogP contribution in [0.2, 0.25) is 0 Å². The van der Waals surface area contributed by atoms with Crippen LogP contribution >= 0.6 is 0 Å². The second-order valence-corrected chi connectivity index (χ2v) is 8.83. The average Bonchev–Trinajstić information content (AvgIpc) is 2.97. The van der Waals surface area contributed by atoms with Crippen molar-refractivity contribution in [2.45, 2.75) is 38.3 Å². The van der Waals surface area contributed by atoms with E-state index in [0.29, 0.717) is 37.5 Å². The van der Waals surface area contributed by atoms with Gasteiger partial charge in [-0.25, -0.2) is 4.79 Å². The van der Waals surface area contributed by atoms with Gasteiger partial charge in [0.25, 0.3) is 11.8 Å². The number of benzene rings is 1. The molecule has 0 aliphatic carbocycles. The van der Waals surface area contributed by atoms with Crippen LogP contribution in [0.1, 0.15) is 37.0 Å². The molecule has 1 spiro atoms. The number of urea groups is 1. The van der Waals surface area contributed by atoms with Crippen molar-refractivity contribution in [2.75, 3.05) is 51.2 Å². The van der Waals surface area contributed by atoms with E-state index in [4.69, 9.17) is 0 Å². The molecule has 8 nitrogen and oxygen atoms in total. The van der Waals surface area contributed by atoms with E-state index >= 15 is 0 Å². The molecule has 1 aromatic rings. The fourth-order valence-electron chi connectivity index (χ4n) is 4.68. The Labute approximate surface area is 177 Å². The molecule has 0 bridgehead atoms. The molecule has 0 aromatic heterocycles. The molecule has 4 amide bonds. The molecule has 4 rings (SSSR count). The number of hydrogen-bond donors (Lipinski definition) is 1. The van der Waals surface area contributed by atoms with Crippen molar-refractivity contribution >= 4 is 23.5 Å². The summed E-state index contributed by atoms with van der Waals surface area (Å²) in [6, 6.07) is 8.06. The number of piperidine rings is 1. The first-order valence-corrected chi connectivity index (χ1v) is 10.8. The van der Waals surface area contributed by atoms with E-state index in [1.54, 1.807) is 4.90 Å². The lowest BCUT2D eigenvalue weighted by Gasteiger charge is -2.38. The molecule has 0 radical (unpaired) electrons. The highest BCUT2D eigenvalue weighted by Crippen LogP contribution is 2.29. The van der Waals surface area contributed by atoms with Crippen molar-refractivity contribution in [3.05, 3.63) is 29.8 Å². The summed E-state index contributed by atoms with van der Waals surface area (Å²) in [5.41, 5.74) is 0.967. The Morgan fingerprint density at radius 2 is 1.57 bits per heavy atom. The van der Waals surface area contributed by atoms with Crippen molar-refractivity contribution in [3.8, 4) is 0 Å². The second kappa shape index (κ2) is 7.91. The lowest BCUT2D eigenvalue weighted by Crippen LogP contribution is -2.55. The van der Waals surface area contributed by atoms with Gasteiger partial charge in [0.1, 0.15) is 5.54 Å². The summed E-state index contributed by atoms with van der Waals surface area (Å²) in [5, 5.41) is 2.81. The van der Waals surface area contributed by atoms with Crippen LogP contribution in [-0.2, 0) is 4.79 Å². The molecule has 3 heterocycles. The number of piperazine rings is 1. The minimum atomic E-state index is -0.843. The number of nitrogens with one attached hydrogen (secondary N) is 1. The van der Waals surface area contributed by atoms with Gasteiger partial charge >= 0.3 is 6.03 Å². The van der Waals surface area contributed by atoms with Crippen molar-refractivity contribution in [1.29, 1.82) is 0 Å². The lowest BCUT2D eigenvalue weighted by atomic mass is 9.87. The molecular formula is C22H31N5O3. The molecule has 8 heteroatoms. The number of hydrogen-bond acceptors (Lipinski definition) is 5. The van der Waals surface area contributed by atoms with Crippen LogP contribution in [-0.4, -0.2) is 90.4 Å². The number of imide groups is 1. The predicted molar refractivity (Wildman–Crippen MR) is 115 cm³/mol. The molecule has 3 aliphatic rings. The molecule has 1 aromatic carbocycles. The average molecular weight is 414 g/mol. The maximum atomic E-state index is 12.9. The fraction of sp³-hybridized carbons (Fsp3) is 0.591. The monoisotopic (exact) mass is 413 g/mol. The van der Waals surface area contributed by atoms with Crippen LogP contribution in [0, 0.1) is 0 Å². The van der Waals surface area contributed by atoms with Crippen LogP contribution in [0.15, 0.2) is 24.3 Å². The van der Waals surface area contributed by atoms with Crippen LogP contribution in [0.4, 0.5) is 10.5 Å². The van der Waals surface area contributed by atoms with E-state index in [-0.39, 0.29) is 17.8 Å². The summed E-state index contributed by atoms with van der Waals surface area (Å²) in [6.07, 6.45) is 0.901. The first-order valence-electron chi connectivity index (χ1n) is 10.8. The summed E-state index contributed by atoms with van der Waals surface area (Å²) in [5.74, 6) is -0.215. The molecule has 0 saturated carbocycles. The molecule has 3 saturated heterocycles. The van der Waals surface area contributed by atoms with Crippen LogP contribution in [0.3, 0.4) is 0 Å². The third kappa shape index (κ3) is 3.64. The van der Waals surface area contributed by atoms with Crippen LogP contribution in [0.25, 0.3) is 0 Å². The largest absolute Gasteiger partial charge is 0.369 e. The van der Waals surface area contributed by atoms with Crippen molar-refractivity contribution < 1.29 is 14.4 Å². The number of likely N-dealkylation sites (tertiary alicyclic amines) is 1. The number of likely N-dealkylation sites (N-methyl/N-ethyl adjacent to an activating group) is 1. The van der Waals surface area contributed by atoms with E-state index < -0.39 is 5.54 Å². The molecule has 162 valence electrons. The Balaban J connectivity index is 1.35. The Morgan fingerprint density at radius 1 is 0.967 bits per heavy atom. The van der Waals surface area contributed by atoms with Crippen molar-refractivity contribution in [1.82, 2.24) is 20.0 Å². The normalized spacial score (nSPS) is 22.2. The SMILES string of the molecule is CC(C)N1CCN(c2ccc(C(=O)N3CCC4(CC3)NC(=O)N(C)C4=O)cc2)CC1. The summed E-state index contributed by atoms with van der Waals surface area (Å²) in [7, 11) is 1.49. The van der Waals surface area contributed by atoms with Gasteiger partial charge in [-0.1, -0.05) is 0 Å². The molecule has 1 N–H and O–H groups in total. The molecule has 3 fully saturated rings. The van der Waals surface area contributed by atoms with Gasteiger partial charge < -0.3 is 15.1 Å². The minimum Gasteiger partial charge on any atom is -0.369 e. The fourth-order valence-corrected chi connectivity index (χ4v) is 4.68. The zero-order valence-corrected chi connectivity index (χ0v) is 18.1. The third-order valence-corrected chi connectivity index (χ3v) is 6.79. The molecular weight excluding hydrogens is 382 g/mol. The van der Waals surface area contributed by atoms with E-state index in [1.807, 2.05) is 24.3 Å². The first kappa shape index (κ1) is 20.7. The summed E-state index contributed by atoms with van der Waals surface area (Å²) in [6.45, 7) is 9.47. The van der Waals surface area contributed by atoms with E-state index in [2.05, 4.69) is 29.0 Å². The third-order valence-electron chi connectivity index (χ3n) is 6.79.